The van der Waals surface area contributed by atoms with E-state index in [1.54, 1.807) is 17.1 Å². The zero-order chi connectivity index (χ0) is 12.3. The van der Waals surface area contributed by atoms with Gasteiger partial charge in [0.05, 0.1) is 16.9 Å². The van der Waals surface area contributed by atoms with Crippen LogP contribution in [0.5, 0.6) is 0 Å². The van der Waals surface area contributed by atoms with E-state index in [2.05, 4.69) is 17.0 Å². The summed E-state index contributed by atoms with van der Waals surface area (Å²) in [5.74, 6) is 0. The molecular formula is C13H14ClN3. The van der Waals surface area contributed by atoms with E-state index in [4.69, 9.17) is 11.6 Å². The Morgan fingerprint density at radius 1 is 1.53 bits per heavy atom. The molecule has 1 aromatic heterocycles. The van der Waals surface area contributed by atoms with Gasteiger partial charge in [0.1, 0.15) is 0 Å². The first-order valence-corrected chi connectivity index (χ1v) is 5.73. The van der Waals surface area contributed by atoms with Crippen molar-refractivity contribution in [2.24, 2.45) is 0 Å². The molecule has 88 valence electrons. The maximum atomic E-state index is 6.13. The van der Waals surface area contributed by atoms with Crippen LogP contribution in [0.2, 0.25) is 5.02 Å². The van der Waals surface area contributed by atoms with Crippen molar-refractivity contribution in [2.75, 3.05) is 5.32 Å². The fourth-order valence-corrected chi connectivity index (χ4v) is 1.90. The monoisotopic (exact) mass is 247 g/mol. The molecule has 0 aliphatic carbocycles. The SMILES string of the molecule is C=Cn1cc(CNc2c(C)cccc2Cl)cn1. The number of benzene rings is 1. The third kappa shape index (κ3) is 2.68. The molecule has 0 radical (unpaired) electrons. The Balaban J connectivity index is 2.09. The Bertz CT molecular complexity index is 511. The topological polar surface area (TPSA) is 29.9 Å². The number of para-hydroxylation sites is 1. The summed E-state index contributed by atoms with van der Waals surface area (Å²) in [6.45, 7) is 6.37. The van der Waals surface area contributed by atoms with E-state index in [1.165, 1.54) is 0 Å². The van der Waals surface area contributed by atoms with Gasteiger partial charge in [0.2, 0.25) is 0 Å². The Kier molecular flexibility index (Phi) is 3.49. The minimum absolute atomic E-state index is 0.693. The van der Waals surface area contributed by atoms with Crippen LogP contribution in [-0.4, -0.2) is 9.78 Å². The predicted octanol–water partition coefficient (Wildman–Crippen LogP) is 3.56. The maximum absolute atomic E-state index is 6.13. The number of hydrogen-bond acceptors (Lipinski definition) is 2. The fourth-order valence-electron chi connectivity index (χ4n) is 1.61. The molecule has 0 saturated heterocycles. The van der Waals surface area contributed by atoms with Gasteiger partial charge in [0, 0.05) is 24.5 Å². The number of nitrogens with zero attached hydrogens (tertiary/aromatic N) is 2. The van der Waals surface area contributed by atoms with E-state index < -0.39 is 0 Å². The number of aryl methyl sites for hydroxylation is 1. The average molecular weight is 248 g/mol. The van der Waals surface area contributed by atoms with E-state index in [0.717, 1.165) is 21.8 Å². The summed E-state index contributed by atoms with van der Waals surface area (Å²) >= 11 is 6.13. The van der Waals surface area contributed by atoms with Crippen molar-refractivity contribution in [2.45, 2.75) is 13.5 Å². The second-order valence-electron chi connectivity index (χ2n) is 3.80. The average Bonchev–Trinajstić information content (AvgIpc) is 2.76. The van der Waals surface area contributed by atoms with Crippen molar-refractivity contribution in [3.8, 4) is 0 Å². The van der Waals surface area contributed by atoms with Gasteiger partial charge in [-0.2, -0.15) is 5.10 Å². The minimum atomic E-state index is 0.693. The lowest BCUT2D eigenvalue weighted by Crippen LogP contribution is -2.00. The standard InChI is InChI=1S/C13H14ClN3/c1-3-17-9-11(8-16-17)7-15-13-10(2)5-4-6-12(13)14/h3-6,8-9,15H,1,7H2,2H3. The van der Waals surface area contributed by atoms with Gasteiger partial charge in [0.25, 0.3) is 0 Å². The molecule has 0 aliphatic rings. The lowest BCUT2D eigenvalue weighted by Gasteiger charge is -2.10. The van der Waals surface area contributed by atoms with Crippen molar-refractivity contribution >= 4 is 23.5 Å². The molecule has 0 spiro atoms. The lowest BCUT2D eigenvalue weighted by molar-refractivity contribution is 0.936. The smallest absolute Gasteiger partial charge is 0.0640 e. The van der Waals surface area contributed by atoms with E-state index in [9.17, 15) is 0 Å². The van der Waals surface area contributed by atoms with Crippen molar-refractivity contribution in [1.29, 1.82) is 0 Å². The molecule has 4 heteroatoms. The third-order valence-electron chi connectivity index (χ3n) is 2.53. The number of halogens is 1. The largest absolute Gasteiger partial charge is 0.379 e. The van der Waals surface area contributed by atoms with Crippen LogP contribution in [0.25, 0.3) is 6.20 Å². The Morgan fingerprint density at radius 3 is 3.00 bits per heavy atom. The molecule has 0 aliphatic heterocycles. The fraction of sp³-hybridized carbons (Fsp3) is 0.154. The van der Waals surface area contributed by atoms with Gasteiger partial charge in [0.15, 0.2) is 0 Å². The first kappa shape index (κ1) is 11.7. The zero-order valence-electron chi connectivity index (χ0n) is 9.65. The van der Waals surface area contributed by atoms with Crippen LogP contribution in [-0.2, 0) is 6.54 Å². The molecule has 1 heterocycles. The van der Waals surface area contributed by atoms with E-state index in [0.29, 0.717) is 6.54 Å². The summed E-state index contributed by atoms with van der Waals surface area (Å²) < 4.78 is 1.68. The molecule has 3 nitrogen and oxygen atoms in total. The first-order chi connectivity index (χ1) is 8.20. The molecule has 0 saturated carbocycles. The van der Waals surface area contributed by atoms with Crippen LogP contribution >= 0.6 is 11.6 Å². The van der Waals surface area contributed by atoms with Crippen LogP contribution in [0.4, 0.5) is 5.69 Å². The van der Waals surface area contributed by atoms with Gasteiger partial charge in [-0.15, -0.1) is 0 Å². The van der Waals surface area contributed by atoms with Crippen molar-refractivity contribution < 1.29 is 0 Å². The molecule has 0 unspecified atom stereocenters. The highest BCUT2D eigenvalue weighted by Gasteiger charge is 2.03. The molecule has 17 heavy (non-hydrogen) atoms. The van der Waals surface area contributed by atoms with Gasteiger partial charge < -0.3 is 5.32 Å². The van der Waals surface area contributed by atoms with E-state index in [1.807, 2.05) is 31.3 Å². The van der Waals surface area contributed by atoms with Crippen LogP contribution in [0.3, 0.4) is 0 Å². The summed E-state index contributed by atoms with van der Waals surface area (Å²) in [4.78, 5) is 0. The highest BCUT2D eigenvalue weighted by molar-refractivity contribution is 6.33. The first-order valence-electron chi connectivity index (χ1n) is 5.35. The number of anilines is 1. The van der Waals surface area contributed by atoms with Crippen molar-refractivity contribution in [3.05, 3.63) is 53.3 Å². The highest BCUT2D eigenvalue weighted by Crippen LogP contribution is 2.25. The quantitative estimate of drug-likeness (QED) is 0.895. The molecule has 0 amide bonds. The molecule has 0 atom stereocenters. The second-order valence-corrected chi connectivity index (χ2v) is 4.20. The van der Waals surface area contributed by atoms with Crippen molar-refractivity contribution in [3.63, 3.8) is 0 Å². The molecule has 1 aromatic carbocycles. The third-order valence-corrected chi connectivity index (χ3v) is 2.85. The lowest BCUT2D eigenvalue weighted by atomic mass is 10.2. The van der Waals surface area contributed by atoms with Gasteiger partial charge in [-0.25, -0.2) is 4.68 Å². The number of nitrogens with one attached hydrogen (secondary N) is 1. The number of rotatable bonds is 4. The van der Waals surface area contributed by atoms with Crippen LogP contribution in [0.15, 0.2) is 37.2 Å². The number of hydrogen-bond donors (Lipinski definition) is 1. The second kappa shape index (κ2) is 5.06. The van der Waals surface area contributed by atoms with Gasteiger partial charge in [-0.05, 0) is 18.6 Å². The summed E-state index contributed by atoms with van der Waals surface area (Å²) in [7, 11) is 0. The molecule has 1 N–H and O–H groups in total. The van der Waals surface area contributed by atoms with Crippen LogP contribution in [0, 0.1) is 6.92 Å². The summed E-state index contributed by atoms with van der Waals surface area (Å²) in [6.07, 6.45) is 5.39. The van der Waals surface area contributed by atoms with Crippen molar-refractivity contribution in [1.82, 2.24) is 9.78 Å². The van der Waals surface area contributed by atoms with Gasteiger partial charge in [-0.3, -0.25) is 0 Å². The molecule has 2 aromatic rings. The predicted molar refractivity (Wildman–Crippen MR) is 72.1 cm³/mol. The van der Waals surface area contributed by atoms with Crippen LogP contribution < -0.4 is 5.32 Å². The van der Waals surface area contributed by atoms with Gasteiger partial charge in [-0.1, -0.05) is 30.3 Å². The number of aromatic nitrogens is 2. The Labute approximate surface area is 106 Å². The van der Waals surface area contributed by atoms with E-state index >= 15 is 0 Å². The molecule has 0 fully saturated rings. The Hall–Kier alpha value is -1.74. The normalized spacial score (nSPS) is 10.2. The van der Waals surface area contributed by atoms with Crippen LogP contribution in [0.1, 0.15) is 11.1 Å². The summed E-state index contributed by atoms with van der Waals surface area (Å²) in [6, 6.07) is 5.85. The molecular weight excluding hydrogens is 234 g/mol. The van der Waals surface area contributed by atoms with E-state index in [-0.39, 0.29) is 0 Å². The maximum Gasteiger partial charge on any atom is 0.0640 e. The minimum Gasteiger partial charge on any atom is -0.379 e. The Morgan fingerprint density at radius 2 is 2.35 bits per heavy atom. The highest BCUT2D eigenvalue weighted by atomic mass is 35.5. The van der Waals surface area contributed by atoms with Gasteiger partial charge >= 0.3 is 0 Å². The zero-order valence-corrected chi connectivity index (χ0v) is 10.4. The summed E-state index contributed by atoms with van der Waals surface area (Å²) in [5.41, 5.74) is 3.19. The summed E-state index contributed by atoms with van der Waals surface area (Å²) in [5, 5.41) is 8.17. The molecule has 2 rings (SSSR count). The molecule has 0 bridgehead atoms.